The molecule has 0 spiro atoms. The molecule has 2 heterocycles. The predicted octanol–water partition coefficient (Wildman–Crippen LogP) is 5.15. The number of anilines is 1. The predicted molar refractivity (Wildman–Crippen MR) is 112 cm³/mol. The molecule has 1 N–H and O–H groups in total. The Bertz CT molecular complexity index is 1080. The molecule has 6 nitrogen and oxygen atoms in total. The van der Waals surface area contributed by atoms with E-state index < -0.39 is 0 Å². The number of hydrogen-bond donors (Lipinski definition) is 1. The lowest BCUT2D eigenvalue weighted by molar-refractivity contribution is 0.458. The smallest absolute Gasteiger partial charge is 0.238 e. The van der Waals surface area contributed by atoms with E-state index in [0.717, 1.165) is 27.6 Å². The van der Waals surface area contributed by atoms with Crippen molar-refractivity contribution >= 4 is 22.7 Å². The Kier molecular flexibility index (Phi) is 5.35. The van der Waals surface area contributed by atoms with E-state index in [1.165, 1.54) is 11.3 Å². The van der Waals surface area contributed by atoms with E-state index in [2.05, 4.69) is 25.5 Å². The second-order valence-corrected chi connectivity index (χ2v) is 6.80. The number of benzene rings is 2. The number of aryl methyl sites for hydroxylation is 1. The van der Waals surface area contributed by atoms with Gasteiger partial charge in [0.1, 0.15) is 5.75 Å². The molecule has 0 aliphatic carbocycles. The minimum atomic E-state index is 0.473. The Morgan fingerprint density at radius 1 is 1.00 bits per heavy atom. The summed E-state index contributed by atoms with van der Waals surface area (Å²) in [4.78, 5) is 12.9. The summed E-state index contributed by atoms with van der Waals surface area (Å²) in [5.41, 5.74) is 6.74. The van der Waals surface area contributed by atoms with Gasteiger partial charge in [0.25, 0.3) is 0 Å². The first-order valence-electron chi connectivity index (χ1n) is 8.63. The van der Waals surface area contributed by atoms with Crippen LogP contribution in [0.4, 0.5) is 5.13 Å². The summed E-state index contributed by atoms with van der Waals surface area (Å²) in [5.74, 6) is 1.17. The van der Waals surface area contributed by atoms with Gasteiger partial charge in [-0.05, 0) is 36.8 Å². The van der Waals surface area contributed by atoms with Crippen LogP contribution >= 0.6 is 11.3 Å². The zero-order chi connectivity index (χ0) is 19.2. The maximum atomic E-state index is 5.69. The van der Waals surface area contributed by atoms with E-state index in [1.54, 1.807) is 18.6 Å². The third kappa shape index (κ3) is 4.57. The molecule has 0 aliphatic heterocycles. The number of thiazole rings is 1. The monoisotopic (exact) mass is 387 g/mol. The first kappa shape index (κ1) is 17.8. The average Bonchev–Trinajstić information content (AvgIpc) is 3.19. The molecule has 28 heavy (non-hydrogen) atoms. The SMILES string of the molecule is Cc1cncc(Oc2ccc(C=NNc3nc(-c4ccccc4)cs3)cc2)n1. The highest BCUT2D eigenvalue weighted by molar-refractivity contribution is 7.14. The largest absolute Gasteiger partial charge is 0.437 e. The number of aromatic nitrogens is 3. The van der Waals surface area contributed by atoms with Crippen molar-refractivity contribution < 1.29 is 4.74 Å². The van der Waals surface area contributed by atoms with E-state index >= 15 is 0 Å². The Morgan fingerprint density at radius 3 is 2.61 bits per heavy atom. The van der Waals surface area contributed by atoms with Gasteiger partial charge in [0.2, 0.25) is 11.0 Å². The van der Waals surface area contributed by atoms with E-state index in [4.69, 9.17) is 4.74 Å². The van der Waals surface area contributed by atoms with Gasteiger partial charge >= 0.3 is 0 Å². The Labute approximate surface area is 166 Å². The number of rotatable bonds is 6. The lowest BCUT2D eigenvalue weighted by Crippen LogP contribution is -1.92. The second kappa shape index (κ2) is 8.41. The first-order valence-corrected chi connectivity index (χ1v) is 9.51. The summed E-state index contributed by atoms with van der Waals surface area (Å²) in [7, 11) is 0. The summed E-state index contributed by atoms with van der Waals surface area (Å²) in [5, 5.41) is 7.00. The van der Waals surface area contributed by atoms with Crippen molar-refractivity contribution in [3.05, 3.63) is 83.6 Å². The van der Waals surface area contributed by atoms with Crippen LogP contribution in [0.15, 0.2) is 77.5 Å². The molecule has 0 fully saturated rings. The first-order chi connectivity index (χ1) is 13.8. The van der Waals surface area contributed by atoms with Crippen LogP contribution < -0.4 is 10.2 Å². The molecule has 2 aromatic heterocycles. The molecule has 0 amide bonds. The van der Waals surface area contributed by atoms with Crippen LogP contribution in [0.5, 0.6) is 11.6 Å². The van der Waals surface area contributed by atoms with Crippen LogP contribution in [0, 0.1) is 6.92 Å². The minimum absolute atomic E-state index is 0.473. The van der Waals surface area contributed by atoms with Crippen LogP contribution in [0.2, 0.25) is 0 Å². The number of nitrogens with zero attached hydrogens (tertiary/aromatic N) is 4. The van der Waals surface area contributed by atoms with Gasteiger partial charge in [-0.2, -0.15) is 5.10 Å². The van der Waals surface area contributed by atoms with Gasteiger partial charge < -0.3 is 4.74 Å². The summed E-state index contributed by atoms with van der Waals surface area (Å²) < 4.78 is 5.69. The van der Waals surface area contributed by atoms with Crippen LogP contribution in [-0.4, -0.2) is 21.2 Å². The van der Waals surface area contributed by atoms with Gasteiger partial charge in [-0.15, -0.1) is 11.3 Å². The number of nitrogens with one attached hydrogen (secondary N) is 1. The maximum Gasteiger partial charge on any atom is 0.238 e. The van der Waals surface area contributed by atoms with Crippen molar-refractivity contribution in [1.29, 1.82) is 0 Å². The summed E-state index contributed by atoms with van der Waals surface area (Å²) in [6, 6.07) is 17.6. The van der Waals surface area contributed by atoms with Gasteiger partial charge in [0.05, 0.1) is 23.8 Å². The van der Waals surface area contributed by atoms with Gasteiger partial charge in [0.15, 0.2) is 0 Å². The molecule has 0 bridgehead atoms. The molecule has 0 saturated carbocycles. The van der Waals surface area contributed by atoms with Gasteiger partial charge in [-0.25, -0.2) is 9.97 Å². The number of hydrogen-bond acceptors (Lipinski definition) is 7. The minimum Gasteiger partial charge on any atom is -0.437 e. The molecular formula is C21H17N5OS. The third-order valence-electron chi connectivity index (χ3n) is 3.78. The van der Waals surface area contributed by atoms with Crippen molar-refractivity contribution in [3.8, 4) is 22.9 Å². The normalized spacial score (nSPS) is 10.9. The fourth-order valence-corrected chi connectivity index (χ4v) is 3.13. The highest BCUT2D eigenvalue weighted by Gasteiger charge is 2.03. The van der Waals surface area contributed by atoms with E-state index in [9.17, 15) is 0 Å². The molecule has 138 valence electrons. The standard InChI is InChI=1S/C21H17N5OS/c1-15-11-22-13-20(24-15)27-18-9-7-16(8-10-18)12-23-26-21-25-19(14-28-21)17-5-3-2-4-6-17/h2-14H,1H3,(H,25,26). The lowest BCUT2D eigenvalue weighted by atomic mass is 10.2. The molecular weight excluding hydrogens is 370 g/mol. The van der Waals surface area contributed by atoms with Gasteiger partial charge in [-0.3, -0.25) is 10.4 Å². The van der Waals surface area contributed by atoms with Crippen molar-refractivity contribution in [3.63, 3.8) is 0 Å². The Hall–Kier alpha value is -3.58. The molecule has 0 radical (unpaired) electrons. The van der Waals surface area contributed by atoms with Gasteiger partial charge in [0, 0.05) is 17.1 Å². The Balaban J connectivity index is 1.35. The third-order valence-corrected chi connectivity index (χ3v) is 4.53. The van der Waals surface area contributed by atoms with Crippen molar-refractivity contribution in [1.82, 2.24) is 15.0 Å². The maximum absolute atomic E-state index is 5.69. The highest BCUT2D eigenvalue weighted by Crippen LogP contribution is 2.24. The quantitative estimate of drug-likeness (QED) is 0.366. The van der Waals surface area contributed by atoms with Crippen LogP contribution in [-0.2, 0) is 0 Å². The molecule has 0 saturated heterocycles. The van der Waals surface area contributed by atoms with Gasteiger partial charge in [-0.1, -0.05) is 30.3 Å². The summed E-state index contributed by atoms with van der Waals surface area (Å²) in [6.45, 7) is 1.87. The van der Waals surface area contributed by atoms with E-state index in [1.807, 2.05) is 66.9 Å². The highest BCUT2D eigenvalue weighted by atomic mass is 32.1. The fourth-order valence-electron chi connectivity index (χ4n) is 2.46. The fraction of sp³-hybridized carbons (Fsp3) is 0.0476. The van der Waals surface area contributed by atoms with Crippen LogP contribution in [0.1, 0.15) is 11.3 Å². The van der Waals surface area contributed by atoms with Crippen molar-refractivity contribution in [2.24, 2.45) is 5.10 Å². The molecule has 0 atom stereocenters. The van der Waals surface area contributed by atoms with E-state index in [-0.39, 0.29) is 0 Å². The number of ether oxygens (including phenoxy) is 1. The summed E-state index contributed by atoms with van der Waals surface area (Å²) in [6.07, 6.45) is 5.01. The zero-order valence-corrected chi connectivity index (χ0v) is 15.9. The number of hydrazone groups is 1. The van der Waals surface area contributed by atoms with Crippen molar-refractivity contribution in [2.45, 2.75) is 6.92 Å². The average molecular weight is 387 g/mol. The molecule has 7 heteroatoms. The lowest BCUT2D eigenvalue weighted by Gasteiger charge is -2.04. The van der Waals surface area contributed by atoms with Crippen molar-refractivity contribution in [2.75, 3.05) is 5.43 Å². The molecule has 2 aromatic carbocycles. The molecule has 0 unspecified atom stereocenters. The van der Waals surface area contributed by atoms with E-state index in [0.29, 0.717) is 11.6 Å². The second-order valence-electron chi connectivity index (χ2n) is 5.94. The molecule has 0 aliphatic rings. The molecule has 4 rings (SSSR count). The van der Waals surface area contributed by atoms with Crippen LogP contribution in [0.25, 0.3) is 11.3 Å². The summed E-state index contributed by atoms with van der Waals surface area (Å²) >= 11 is 1.52. The molecule has 4 aromatic rings. The zero-order valence-electron chi connectivity index (χ0n) is 15.1. The topological polar surface area (TPSA) is 72.3 Å². The Morgan fingerprint density at radius 2 is 1.82 bits per heavy atom. The van der Waals surface area contributed by atoms with Crippen LogP contribution in [0.3, 0.4) is 0 Å².